The van der Waals surface area contributed by atoms with E-state index in [2.05, 4.69) is 4.98 Å². The standard InChI is InChI=1S/C16H24N4O6/c1-16(2,3)7-19-8-18(4)14-12(19)13(24)17-15(25)20(14)9-26-11(23)6-5-10(21)22/h5-9H2,1-4H3,(H,21,22)(H,17,24,25). The van der Waals surface area contributed by atoms with Crippen LogP contribution >= 0.6 is 0 Å². The zero-order chi connectivity index (χ0) is 19.6. The number of carboxylic acids is 1. The summed E-state index contributed by atoms with van der Waals surface area (Å²) >= 11 is 0. The molecule has 0 amide bonds. The van der Waals surface area contributed by atoms with Gasteiger partial charge in [0.05, 0.1) is 19.5 Å². The fourth-order valence-corrected chi connectivity index (χ4v) is 2.85. The molecule has 144 valence electrons. The average Bonchev–Trinajstić information content (AvgIpc) is 2.79. The number of rotatable bonds is 6. The minimum atomic E-state index is -1.11. The number of anilines is 2. The van der Waals surface area contributed by atoms with Gasteiger partial charge < -0.3 is 19.6 Å². The Morgan fingerprint density at radius 1 is 1.23 bits per heavy atom. The smallest absolute Gasteiger partial charge is 0.332 e. The fraction of sp³-hybridized carbons (Fsp3) is 0.625. The summed E-state index contributed by atoms with van der Waals surface area (Å²) < 4.78 is 6.17. The fourth-order valence-electron chi connectivity index (χ4n) is 2.85. The molecular weight excluding hydrogens is 344 g/mol. The van der Waals surface area contributed by atoms with E-state index in [4.69, 9.17) is 9.84 Å². The third kappa shape index (κ3) is 4.44. The summed E-state index contributed by atoms with van der Waals surface area (Å²) in [7, 11) is 1.74. The maximum Gasteiger partial charge on any atom is 0.332 e. The van der Waals surface area contributed by atoms with Crippen molar-refractivity contribution in [1.82, 2.24) is 9.55 Å². The van der Waals surface area contributed by atoms with Gasteiger partial charge >= 0.3 is 17.6 Å². The molecule has 0 aliphatic carbocycles. The van der Waals surface area contributed by atoms with Crippen LogP contribution in [0.4, 0.5) is 11.5 Å². The number of aromatic amines is 1. The van der Waals surface area contributed by atoms with Crippen molar-refractivity contribution in [2.75, 3.05) is 30.1 Å². The van der Waals surface area contributed by atoms with Gasteiger partial charge in [0.2, 0.25) is 0 Å². The first-order chi connectivity index (χ1) is 12.0. The maximum absolute atomic E-state index is 12.3. The molecule has 0 atom stereocenters. The lowest BCUT2D eigenvalue weighted by Crippen LogP contribution is -2.37. The number of nitrogens with zero attached hydrogens (tertiary/aromatic N) is 3. The molecule has 10 nitrogen and oxygen atoms in total. The van der Waals surface area contributed by atoms with Gasteiger partial charge in [-0.2, -0.15) is 0 Å². The number of ether oxygens (including phenoxy) is 1. The van der Waals surface area contributed by atoms with Crippen molar-refractivity contribution >= 4 is 23.4 Å². The van der Waals surface area contributed by atoms with E-state index in [-0.39, 0.29) is 18.3 Å². The number of hydrogen-bond donors (Lipinski definition) is 2. The Morgan fingerprint density at radius 3 is 2.46 bits per heavy atom. The van der Waals surface area contributed by atoms with Crippen LogP contribution in [0.5, 0.6) is 0 Å². The molecule has 1 aromatic rings. The Bertz CT molecular complexity index is 819. The van der Waals surface area contributed by atoms with Crippen molar-refractivity contribution < 1.29 is 19.4 Å². The van der Waals surface area contributed by atoms with Gasteiger partial charge in [0.15, 0.2) is 6.73 Å². The van der Waals surface area contributed by atoms with E-state index in [0.717, 1.165) is 4.57 Å². The van der Waals surface area contributed by atoms with Crippen LogP contribution in [0.15, 0.2) is 9.59 Å². The van der Waals surface area contributed by atoms with Crippen LogP contribution in [0, 0.1) is 5.41 Å². The van der Waals surface area contributed by atoms with E-state index in [1.54, 1.807) is 11.9 Å². The Kier molecular flexibility index (Phi) is 5.43. The Hall–Kier alpha value is -2.78. The van der Waals surface area contributed by atoms with Gasteiger partial charge in [-0.25, -0.2) is 9.36 Å². The van der Waals surface area contributed by atoms with Crippen molar-refractivity contribution in [2.24, 2.45) is 5.41 Å². The molecule has 0 saturated carbocycles. The van der Waals surface area contributed by atoms with Gasteiger partial charge in [0.1, 0.15) is 11.5 Å². The summed E-state index contributed by atoms with van der Waals surface area (Å²) in [5.74, 6) is -1.47. The van der Waals surface area contributed by atoms with E-state index >= 15 is 0 Å². The Labute approximate surface area is 150 Å². The van der Waals surface area contributed by atoms with E-state index in [0.29, 0.717) is 24.7 Å². The number of H-pyrrole nitrogens is 1. The maximum atomic E-state index is 12.3. The summed E-state index contributed by atoms with van der Waals surface area (Å²) in [6, 6.07) is 0. The summed E-state index contributed by atoms with van der Waals surface area (Å²) in [6.07, 6.45) is -0.641. The first kappa shape index (κ1) is 19.5. The quantitative estimate of drug-likeness (QED) is 0.681. The summed E-state index contributed by atoms with van der Waals surface area (Å²) in [5.41, 5.74) is -0.904. The summed E-state index contributed by atoms with van der Waals surface area (Å²) in [5, 5.41) is 8.59. The highest BCUT2D eigenvalue weighted by Crippen LogP contribution is 2.32. The van der Waals surface area contributed by atoms with Crippen molar-refractivity contribution in [3.63, 3.8) is 0 Å². The van der Waals surface area contributed by atoms with Gasteiger partial charge in [-0.1, -0.05) is 20.8 Å². The lowest BCUT2D eigenvalue weighted by molar-refractivity contribution is -0.150. The van der Waals surface area contributed by atoms with Gasteiger partial charge in [0.25, 0.3) is 5.56 Å². The number of hydrogen-bond acceptors (Lipinski definition) is 7. The predicted octanol–water partition coefficient (Wildman–Crippen LogP) is 0.162. The largest absolute Gasteiger partial charge is 0.481 e. The number of aliphatic carboxylic acids is 1. The number of carbonyl (C=O) groups is 2. The van der Waals surface area contributed by atoms with Gasteiger partial charge in [-0.05, 0) is 5.41 Å². The molecule has 0 fully saturated rings. The molecule has 0 radical (unpaired) electrons. The van der Waals surface area contributed by atoms with E-state index in [1.807, 2.05) is 25.7 Å². The minimum Gasteiger partial charge on any atom is -0.481 e. The van der Waals surface area contributed by atoms with Gasteiger partial charge in [-0.3, -0.25) is 19.4 Å². The lowest BCUT2D eigenvalue weighted by Gasteiger charge is -2.27. The zero-order valence-corrected chi connectivity index (χ0v) is 15.4. The summed E-state index contributed by atoms with van der Waals surface area (Å²) in [4.78, 5) is 52.5. The molecule has 1 aromatic heterocycles. The van der Waals surface area contributed by atoms with Crippen LogP contribution < -0.4 is 21.0 Å². The van der Waals surface area contributed by atoms with E-state index < -0.39 is 29.9 Å². The zero-order valence-electron chi connectivity index (χ0n) is 15.4. The van der Waals surface area contributed by atoms with Crippen LogP contribution in [0.1, 0.15) is 33.6 Å². The second-order valence-corrected chi connectivity index (χ2v) is 7.50. The topological polar surface area (TPSA) is 125 Å². The first-order valence-electron chi connectivity index (χ1n) is 8.20. The van der Waals surface area contributed by atoms with Crippen molar-refractivity contribution in [3.8, 4) is 0 Å². The second kappa shape index (κ2) is 7.22. The van der Waals surface area contributed by atoms with E-state index in [9.17, 15) is 19.2 Å². The molecule has 0 aromatic carbocycles. The molecule has 0 spiro atoms. The van der Waals surface area contributed by atoms with Crippen LogP contribution in [0.2, 0.25) is 0 Å². The highest BCUT2D eigenvalue weighted by atomic mass is 16.5. The number of aromatic nitrogens is 2. The third-order valence-corrected chi connectivity index (χ3v) is 3.77. The lowest BCUT2D eigenvalue weighted by atomic mass is 9.96. The van der Waals surface area contributed by atoms with Crippen molar-refractivity contribution in [3.05, 3.63) is 20.8 Å². The van der Waals surface area contributed by atoms with Crippen LogP contribution in [0.25, 0.3) is 0 Å². The average molecular weight is 368 g/mol. The number of esters is 1. The number of carbonyl (C=O) groups excluding carboxylic acids is 1. The highest BCUT2D eigenvalue weighted by molar-refractivity contribution is 5.76. The number of fused-ring (bicyclic) bond motifs is 1. The molecule has 1 aliphatic rings. The second-order valence-electron chi connectivity index (χ2n) is 7.50. The number of carboxylic acid groups (broad SMARTS) is 1. The molecule has 2 rings (SSSR count). The molecular formula is C16H24N4O6. The molecule has 0 unspecified atom stereocenters. The SMILES string of the molecule is CN1CN(CC(C)(C)C)c2c1n(COC(=O)CCC(=O)O)c(=O)[nH]c2=O. The Balaban J connectivity index is 2.29. The monoisotopic (exact) mass is 368 g/mol. The molecule has 2 heterocycles. The Morgan fingerprint density at radius 2 is 1.88 bits per heavy atom. The van der Waals surface area contributed by atoms with Crippen LogP contribution in [-0.4, -0.2) is 46.9 Å². The molecule has 2 N–H and O–H groups in total. The van der Waals surface area contributed by atoms with Gasteiger partial charge in [-0.15, -0.1) is 0 Å². The van der Waals surface area contributed by atoms with Crippen LogP contribution in [0.3, 0.4) is 0 Å². The molecule has 10 heteroatoms. The van der Waals surface area contributed by atoms with E-state index in [1.165, 1.54) is 0 Å². The molecule has 0 saturated heterocycles. The molecule has 1 aliphatic heterocycles. The van der Waals surface area contributed by atoms with Gasteiger partial charge in [0, 0.05) is 13.6 Å². The molecule has 26 heavy (non-hydrogen) atoms. The minimum absolute atomic E-state index is 0.0703. The molecule has 0 bridgehead atoms. The predicted molar refractivity (Wildman–Crippen MR) is 94.4 cm³/mol. The highest BCUT2D eigenvalue weighted by Gasteiger charge is 2.32. The third-order valence-electron chi connectivity index (χ3n) is 3.77. The normalized spacial score (nSPS) is 13.7. The van der Waals surface area contributed by atoms with Crippen molar-refractivity contribution in [2.45, 2.75) is 40.3 Å². The van der Waals surface area contributed by atoms with Crippen molar-refractivity contribution in [1.29, 1.82) is 0 Å². The van der Waals surface area contributed by atoms with Crippen LogP contribution in [-0.2, 0) is 21.1 Å². The summed E-state index contributed by atoms with van der Waals surface area (Å²) in [6.45, 7) is 6.75. The first-order valence-corrected chi connectivity index (χ1v) is 8.20. The number of nitrogens with one attached hydrogen (secondary N) is 1.